The summed E-state index contributed by atoms with van der Waals surface area (Å²) in [4.78, 5) is 22.0. The average molecular weight is 319 g/mol. The Kier molecular flexibility index (Phi) is 5.48. The van der Waals surface area contributed by atoms with Crippen molar-refractivity contribution in [2.45, 2.75) is 4.90 Å². The van der Waals surface area contributed by atoms with E-state index in [2.05, 4.69) is 5.32 Å². The van der Waals surface area contributed by atoms with Crippen LogP contribution in [0.1, 0.15) is 10.4 Å². The minimum Gasteiger partial charge on any atom is -0.355 e. The molecule has 110 valence electrons. The van der Waals surface area contributed by atoms with Crippen LogP contribution in [0, 0.1) is 10.1 Å². The Balaban J connectivity index is 3.00. The van der Waals surface area contributed by atoms with Gasteiger partial charge in [0.25, 0.3) is 11.6 Å². The van der Waals surface area contributed by atoms with Crippen molar-refractivity contribution in [2.75, 3.05) is 18.6 Å². The third kappa shape index (κ3) is 4.79. The van der Waals surface area contributed by atoms with Gasteiger partial charge < -0.3 is 5.32 Å². The predicted octanol–water partition coefficient (Wildman–Crippen LogP) is 0.335. The highest BCUT2D eigenvalue weighted by molar-refractivity contribution is 8.00. The summed E-state index contributed by atoms with van der Waals surface area (Å²) in [5, 5.41) is 18.1. The second-order valence-corrected chi connectivity index (χ2v) is 6.60. The molecule has 0 aliphatic carbocycles. The largest absolute Gasteiger partial charge is 0.355 e. The molecule has 10 heteroatoms. The molecule has 0 aliphatic rings. The van der Waals surface area contributed by atoms with Crippen LogP contribution in [0.2, 0.25) is 0 Å². The van der Waals surface area contributed by atoms with Gasteiger partial charge in [-0.25, -0.2) is 13.6 Å². The van der Waals surface area contributed by atoms with Gasteiger partial charge in [0, 0.05) is 24.4 Å². The number of nitrogens with zero attached hydrogens (tertiary/aromatic N) is 1. The zero-order valence-electron chi connectivity index (χ0n) is 10.5. The lowest BCUT2D eigenvalue weighted by molar-refractivity contribution is -0.387. The van der Waals surface area contributed by atoms with Gasteiger partial charge in [0.15, 0.2) is 0 Å². The summed E-state index contributed by atoms with van der Waals surface area (Å²) >= 11 is 0.963. The number of thioether (sulfide) groups is 1. The summed E-state index contributed by atoms with van der Waals surface area (Å²) in [7, 11) is -2.19. The molecule has 3 N–H and O–H groups in total. The molecular weight excluding hydrogens is 306 g/mol. The Hall–Kier alpha value is -1.65. The molecule has 0 aliphatic heterocycles. The quantitative estimate of drug-likeness (QED) is 0.441. The van der Waals surface area contributed by atoms with Crippen molar-refractivity contribution in [1.82, 2.24) is 5.32 Å². The molecule has 0 saturated carbocycles. The van der Waals surface area contributed by atoms with E-state index < -0.39 is 14.9 Å². The summed E-state index contributed by atoms with van der Waals surface area (Å²) in [5.74, 6) is -0.621. The normalized spacial score (nSPS) is 11.1. The van der Waals surface area contributed by atoms with Crippen molar-refractivity contribution in [2.24, 2.45) is 5.14 Å². The molecule has 0 atom stereocenters. The topological polar surface area (TPSA) is 132 Å². The highest BCUT2D eigenvalue weighted by atomic mass is 32.2. The van der Waals surface area contributed by atoms with Crippen molar-refractivity contribution in [3.8, 4) is 0 Å². The van der Waals surface area contributed by atoms with Crippen LogP contribution in [-0.2, 0) is 10.0 Å². The molecule has 0 fully saturated rings. The number of benzene rings is 1. The van der Waals surface area contributed by atoms with Crippen LogP contribution in [0.4, 0.5) is 5.69 Å². The lowest BCUT2D eigenvalue weighted by Crippen LogP contribution is -2.18. The number of sulfonamides is 1. The number of nitro groups is 1. The second kappa shape index (κ2) is 6.68. The fraction of sp³-hybridized carbons (Fsp3) is 0.300. The first-order chi connectivity index (χ1) is 9.24. The summed E-state index contributed by atoms with van der Waals surface area (Å²) < 4.78 is 21.7. The SMILES string of the molecule is CNC(=O)c1ccc([N+](=O)[O-])c(SCCS(N)(=O)=O)c1. The second-order valence-electron chi connectivity index (χ2n) is 3.73. The van der Waals surface area contributed by atoms with Crippen LogP contribution >= 0.6 is 11.8 Å². The van der Waals surface area contributed by atoms with E-state index in [4.69, 9.17) is 5.14 Å². The number of nitro benzene ring substituents is 1. The Labute approximate surface area is 119 Å². The molecule has 8 nitrogen and oxygen atoms in total. The number of rotatable bonds is 6. The zero-order valence-corrected chi connectivity index (χ0v) is 12.2. The van der Waals surface area contributed by atoms with Gasteiger partial charge in [0.2, 0.25) is 10.0 Å². The van der Waals surface area contributed by atoms with Crippen LogP contribution in [0.25, 0.3) is 0 Å². The van der Waals surface area contributed by atoms with Crippen molar-refractivity contribution in [1.29, 1.82) is 0 Å². The Morgan fingerprint density at radius 2 is 2.15 bits per heavy atom. The van der Waals surface area contributed by atoms with E-state index >= 15 is 0 Å². The van der Waals surface area contributed by atoms with Gasteiger partial charge in [0.05, 0.1) is 15.6 Å². The molecular formula is C10H13N3O5S2. The molecule has 0 saturated heterocycles. The molecule has 0 aromatic heterocycles. The molecule has 1 amide bonds. The van der Waals surface area contributed by atoms with Gasteiger partial charge >= 0.3 is 0 Å². The van der Waals surface area contributed by atoms with E-state index in [9.17, 15) is 23.3 Å². The third-order valence-electron chi connectivity index (χ3n) is 2.27. The smallest absolute Gasteiger partial charge is 0.282 e. The number of carbonyl (C=O) groups excluding carboxylic acids is 1. The maximum absolute atomic E-state index is 11.5. The summed E-state index contributed by atoms with van der Waals surface area (Å²) in [6.07, 6.45) is 0. The van der Waals surface area contributed by atoms with Crippen molar-refractivity contribution in [3.63, 3.8) is 0 Å². The van der Waals surface area contributed by atoms with Crippen molar-refractivity contribution in [3.05, 3.63) is 33.9 Å². The lowest BCUT2D eigenvalue weighted by atomic mass is 10.2. The van der Waals surface area contributed by atoms with E-state index in [-0.39, 0.29) is 33.6 Å². The number of nitrogens with one attached hydrogen (secondary N) is 1. The average Bonchev–Trinajstić information content (AvgIpc) is 2.35. The van der Waals surface area contributed by atoms with Gasteiger partial charge in [0.1, 0.15) is 0 Å². The summed E-state index contributed by atoms with van der Waals surface area (Å²) in [6.45, 7) is 0. The standard InChI is InChI=1S/C10H13N3O5S2/c1-12-10(14)7-2-3-8(13(15)16)9(6-7)19-4-5-20(11,17)18/h2-3,6H,4-5H2,1H3,(H,12,14)(H2,11,17,18). The maximum Gasteiger partial charge on any atom is 0.282 e. The monoisotopic (exact) mass is 319 g/mol. The fourth-order valence-corrected chi connectivity index (χ4v) is 3.32. The van der Waals surface area contributed by atoms with E-state index in [1.54, 1.807) is 0 Å². The van der Waals surface area contributed by atoms with Gasteiger partial charge in [-0.15, -0.1) is 11.8 Å². The highest BCUT2D eigenvalue weighted by Gasteiger charge is 2.17. The van der Waals surface area contributed by atoms with Gasteiger partial charge in [-0.3, -0.25) is 14.9 Å². The van der Waals surface area contributed by atoms with Crippen LogP contribution in [0.3, 0.4) is 0 Å². The minimum absolute atomic E-state index is 0.0663. The van der Waals surface area contributed by atoms with Crippen LogP contribution in [0.5, 0.6) is 0 Å². The molecule has 0 bridgehead atoms. The molecule has 20 heavy (non-hydrogen) atoms. The van der Waals surface area contributed by atoms with Crippen molar-refractivity contribution >= 4 is 33.4 Å². The van der Waals surface area contributed by atoms with Gasteiger partial charge in [-0.2, -0.15) is 0 Å². The first-order valence-corrected chi connectivity index (χ1v) is 8.08. The minimum atomic E-state index is -3.63. The molecule has 1 aromatic rings. The van der Waals surface area contributed by atoms with Gasteiger partial charge in [-0.05, 0) is 12.1 Å². The van der Waals surface area contributed by atoms with Crippen LogP contribution in [0.15, 0.2) is 23.1 Å². The molecule has 1 aromatic carbocycles. The summed E-state index contributed by atoms with van der Waals surface area (Å²) in [6, 6.07) is 3.90. The molecule has 1 rings (SSSR count). The van der Waals surface area contributed by atoms with Crippen LogP contribution in [-0.4, -0.2) is 37.8 Å². The van der Waals surface area contributed by atoms with Crippen LogP contribution < -0.4 is 10.5 Å². The summed E-state index contributed by atoms with van der Waals surface area (Å²) in [5.41, 5.74) is 0.0771. The number of primary sulfonamides is 1. The molecule has 0 spiro atoms. The van der Waals surface area contributed by atoms with E-state index in [0.717, 1.165) is 11.8 Å². The first kappa shape index (κ1) is 16.4. The van der Waals surface area contributed by atoms with Gasteiger partial charge in [-0.1, -0.05) is 0 Å². The fourth-order valence-electron chi connectivity index (χ4n) is 1.33. The number of carbonyl (C=O) groups is 1. The highest BCUT2D eigenvalue weighted by Crippen LogP contribution is 2.30. The van der Waals surface area contributed by atoms with Crippen molar-refractivity contribution < 1.29 is 18.1 Å². The Morgan fingerprint density at radius 3 is 2.65 bits per heavy atom. The Bertz CT molecular complexity index is 630. The molecule has 0 radical (unpaired) electrons. The van der Waals surface area contributed by atoms with E-state index in [1.165, 1.54) is 25.2 Å². The van der Waals surface area contributed by atoms with E-state index in [0.29, 0.717) is 0 Å². The third-order valence-corrected chi connectivity index (χ3v) is 4.35. The number of nitrogens with two attached hydrogens (primary N) is 1. The number of amides is 1. The lowest BCUT2D eigenvalue weighted by Gasteiger charge is -2.05. The number of hydrogen-bond acceptors (Lipinski definition) is 6. The Morgan fingerprint density at radius 1 is 1.50 bits per heavy atom. The number of hydrogen-bond donors (Lipinski definition) is 2. The maximum atomic E-state index is 11.5. The zero-order chi connectivity index (χ0) is 15.3. The van der Waals surface area contributed by atoms with E-state index in [1.807, 2.05) is 0 Å². The molecule has 0 heterocycles. The first-order valence-electron chi connectivity index (χ1n) is 5.38. The molecule has 0 unspecified atom stereocenters. The predicted molar refractivity (Wildman–Crippen MR) is 75.2 cm³/mol.